The maximum Gasteiger partial charge on any atom is 0.262 e. The lowest BCUT2D eigenvalue weighted by atomic mass is 10.1. The molecule has 2 aliphatic heterocycles. The molecule has 2 fully saturated rings. The molecule has 33 heavy (non-hydrogen) atoms. The van der Waals surface area contributed by atoms with E-state index in [0.29, 0.717) is 32.1 Å². The molecule has 0 radical (unpaired) electrons. The van der Waals surface area contributed by atoms with Crippen molar-refractivity contribution in [2.75, 3.05) is 38.7 Å². The van der Waals surface area contributed by atoms with Crippen molar-refractivity contribution in [3.8, 4) is 5.75 Å². The predicted molar refractivity (Wildman–Crippen MR) is 129 cm³/mol. The van der Waals surface area contributed by atoms with E-state index in [9.17, 15) is 13.2 Å². The number of thiol groups is 1. The Kier molecular flexibility index (Phi) is 7.60. The summed E-state index contributed by atoms with van der Waals surface area (Å²) in [6, 6.07) is 12.9. The average Bonchev–Trinajstić information content (AvgIpc) is 3.26. The lowest BCUT2D eigenvalue weighted by Crippen LogP contribution is -2.44. The summed E-state index contributed by atoms with van der Waals surface area (Å²) in [5, 5.41) is 6.35. The van der Waals surface area contributed by atoms with Crippen molar-refractivity contribution < 1.29 is 22.7 Å². The van der Waals surface area contributed by atoms with Crippen LogP contribution in [0.25, 0.3) is 0 Å². The molecule has 0 bridgehead atoms. The highest BCUT2D eigenvalue weighted by atomic mass is 32.2. The van der Waals surface area contributed by atoms with E-state index in [2.05, 4.69) is 16.7 Å². The van der Waals surface area contributed by atoms with Gasteiger partial charge in [-0.2, -0.15) is 4.31 Å². The van der Waals surface area contributed by atoms with Crippen LogP contribution >= 0.6 is 0 Å². The predicted octanol–water partition coefficient (Wildman–Crippen LogP) is 1.26. The lowest BCUT2D eigenvalue weighted by Gasteiger charge is -2.26. The van der Waals surface area contributed by atoms with Gasteiger partial charge in [-0.3, -0.25) is 10.1 Å². The summed E-state index contributed by atoms with van der Waals surface area (Å²) in [5.74, 6) is 1.31. The van der Waals surface area contributed by atoms with Crippen LogP contribution in [-0.4, -0.2) is 62.8 Å². The Morgan fingerprint density at radius 3 is 2.48 bits per heavy atom. The summed E-state index contributed by atoms with van der Waals surface area (Å²) in [7, 11) is -3.50. The molecule has 2 aliphatic rings. The quantitative estimate of drug-likeness (QED) is 0.446. The number of morpholine rings is 1. The number of aryl methyl sites for hydroxylation is 2. The van der Waals surface area contributed by atoms with Crippen LogP contribution in [0.3, 0.4) is 0 Å². The minimum absolute atomic E-state index is 0.0393. The fourth-order valence-corrected chi connectivity index (χ4v) is 6.63. The van der Waals surface area contributed by atoms with Gasteiger partial charge in [0.1, 0.15) is 11.5 Å². The first kappa shape index (κ1) is 24.0. The van der Waals surface area contributed by atoms with Gasteiger partial charge in [0.15, 0.2) is 6.61 Å². The van der Waals surface area contributed by atoms with Gasteiger partial charge in [-0.05, 0) is 54.8 Å². The van der Waals surface area contributed by atoms with Crippen LogP contribution in [0, 0.1) is 13.8 Å². The number of carbonyl (C=O) groups is 1. The van der Waals surface area contributed by atoms with Crippen LogP contribution in [-0.2, 0) is 31.3 Å². The Bertz CT molecular complexity index is 1070. The highest BCUT2D eigenvalue weighted by Gasteiger charge is 2.34. The minimum Gasteiger partial charge on any atom is -0.484 e. The van der Waals surface area contributed by atoms with Gasteiger partial charge >= 0.3 is 0 Å². The molecule has 0 saturated carbocycles. The molecular weight excluding hydrogens is 462 g/mol. The average molecular weight is 493 g/mol. The number of ether oxygens (including phenoxy) is 2. The lowest BCUT2D eigenvalue weighted by molar-refractivity contribution is -0.123. The molecule has 10 heteroatoms. The van der Waals surface area contributed by atoms with E-state index >= 15 is 0 Å². The summed E-state index contributed by atoms with van der Waals surface area (Å²) in [4.78, 5) is 12.6. The van der Waals surface area contributed by atoms with E-state index in [-0.39, 0.29) is 28.9 Å². The van der Waals surface area contributed by atoms with E-state index in [4.69, 9.17) is 9.47 Å². The van der Waals surface area contributed by atoms with Gasteiger partial charge in [-0.25, -0.2) is 13.7 Å². The van der Waals surface area contributed by atoms with Crippen molar-refractivity contribution in [2.24, 2.45) is 0 Å². The van der Waals surface area contributed by atoms with E-state index < -0.39 is 10.0 Å². The molecule has 2 unspecified atom stereocenters. The van der Waals surface area contributed by atoms with Crippen molar-refractivity contribution in [1.29, 1.82) is 0 Å². The minimum atomic E-state index is -3.50. The molecule has 2 heterocycles. The largest absolute Gasteiger partial charge is 0.484 e. The summed E-state index contributed by atoms with van der Waals surface area (Å²) >= 11 is 1.05. The normalized spacial score (nSPS) is 21.6. The van der Waals surface area contributed by atoms with Gasteiger partial charge in [0.25, 0.3) is 5.91 Å². The second kappa shape index (κ2) is 10.4. The first-order valence-corrected chi connectivity index (χ1v) is 13.5. The molecule has 2 aromatic carbocycles. The molecule has 178 valence electrons. The van der Waals surface area contributed by atoms with E-state index in [1.807, 2.05) is 38.1 Å². The molecular formula is C23H30N3O5S2+. The van der Waals surface area contributed by atoms with Crippen molar-refractivity contribution in [3.63, 3.8) is 0 Å². The van der Waals surface area contributed by atoms with Gasteiger partial charge in [0, 0.05) is 24.9 Å². The molecule has 2 saturated heterocycles. The number of rotatable bonds is 7. The number of nitrogens with zero attached hydrogens (tertiary/aromatic N) is 1. The molecule has 4 rings (SSSR count). The van der Waals surface area contributed by atoms with E-state index in [0.717, 1.165) is 34.2 Å². The van der Waals surface area contributed by atoms with Crippen LogP contribution in [0.4, 0.5) is 0 Å². The fourth-order valence-electron chi connectivity index (χ4n) is 3.96. The topological polar surface area (TPSA) is 97.0 Å². The molecule has 1 amide bonds. The standard InChI is InChI=1S/C23H29N3O5S2/c1-16-11-17(2)13-19(12-16)31-14-22(27)25-23-24-21(15-32-23)18-3-5-20(6-4-18)33(28,29)26-7-9-30-10-8-26/h3-6,11-13,21,23-24H,7-10,14-15H2,1-2H3,(H,25,27)/p+1. The smallest absolute Gasteiger partial charge is 0.262 e. The number of nitrogens with one attached hydrogen (secondary N) is 2. The number of sulfonamides is 1. The first-order valence-electron chi connectivity index (χ1n) is 10.9. The van der Waals surface area contributed by atoms with Crippen molar-refractivity contribution in [2.45, 2.75) is 30.3 Å². The van der Waals surface area contributed by atoms with Crippen LogP contribution < -0.4 is 15.4 Å². The zero-order valence-corrected chi connectivity index (χ0v) is 20.5. The Labute approximate surface area is 199 Å². The molecule has 2 atom stereocenters. The maximum atomic E-state index is 12.8. The van der Waals surface area contributed by atoms with Gasteiger partial charge < -0.3 is 9.47 Å². The highest BCUT2D eigenvalue weighted by Crippen LogP contribution is 2.23. The van der Waals surface area contributed by atoms with Crippen LogP contribution in [0.5, 0.6) is 5.75 Å². The van der Waals surface area contributed by atoms with E-state index in [1.165, 1.54) is 4.31 Å². The second-order valence-corrected chi connectivity index (χ2v) is 11.4. The number of benzene rings is 2. The van der Waals surface area contributed by atoms with Crippen molar-refractivity contribution in [3.05, 3.63) is 59.2 Å². The Morgan fingerprint density at radius 2 is 1.82 bits per heavy atom. The summed E-state index contributed by atoms with van der Waals surface area (Å²) in [6.45, 7) is 5.53. The van der Waals surface area contributed by atoms with Crippen LogP contribution in [0.15, 0.2) is 47.4 Å². The van der Waals surface area contributed by atoms with Crippen LogP contribution in [0.2, 0.25) is 0 Å². The van der Waals surface area contributed by atoms with Crippen LogP contribution in [0.1, 0.15) is 22.7 Å². The number of hydrogen-bond acceptors (Lipinski definition) is 6. The Balaban J connectivity index is 1.29. The highest BCUT2D eigenvalue weighted by molar-refractivity contribution is 7.89. The molecule has 0 spiro atoms. The zero-order chi connectivity index (χ0) is 23.4. The molecule has 0 aliphatic carbocycles. The number of amides is 1. The third kappa shape index (κ3) is 6.07. The third-order valence-electron chi connectivity index (χ3n) is 5.58. The second-order valence-electron chi connectivity index (χ2n) is 8.25. The third-order valence-corrected chi connectivity index (χ3v) is 8.71. The van der Waals surface area contributed by atoms with Crippen molar-refractivity contribution in [1.82, 2.24) is 14.9 Å². The van der Waals surface area contributed by atoms with Gasteiger partial charge in [0.05, 0.1) is 24.2 Å². The number of hydrogen-bond donors (Lipinski definition) is 2. The zero-order valence-electron chi connectivity index (χ0n) is 18.8. The number of carbonyl (C=O) groups excluding carboxylic acids is 1. The fraction of sp³-hybridized carbons (Fsp3) is 0.435. The Hall–Kier alpha value is -2.11. The Morgan fingerprint density at radius 1 is 1.15 bits per heavy atom. The molecule has 2 aromatic rings. The summed E-state index contributed by atoms with van der Waals surface area (Å²) < 4.78 is 37.9. The summed E-state index contributed by atoms with van der Waals surface area (Å²) in [5.41, 5.74) is 3.00. The maximum absolute atomic E-state index is 12.8. The molecule has 8 nitrogen and oxygen atoms in total. The van der Waals surface area contributed by atoms with E-state index in [1.54, 1.807) is 12.1 Å². The van der Waals surface area contributed by atoms with Gasteiger partial charge in [-0.1, -0.05) is 18.2 Å². The first-order chi connectivity index (χ1) is 15.8. The monoisotopic (exact) mass is 492 g/mol. The summed E-state index contributed by atoms with van der Waals surface area (Å²) in [6.07, 6.45) is 0. The molecule has 2 N–H and O–H groups in total. The molecule has 0 aromatic heterocycles. The van der Waals surface area contributed by atoms with Crippen molar-refractivity contribution >= 4 is 27.7 Å². The SMILES string of the molecule is Cc1cc(C)cc(OCC(=O)NC2NC(c3ccc(S(=O)(=O)N4CCOCC4)cc3)C[SH+]2)c1. The van der Waals surface area contributed by atoms with Gasteiger partial charge in [-0.15, -0.1) is 0 Å². The van der Waals surface area contributed by atoms with Gasteiger partial charge in [0.2, 0.25) is 15.5 Å².